The fraction of sp³-hybridized carbons (Fsp3) is 0.542. The maximum Gasteiger partial charge on any atom is 0.275 e. The highest BCUT2D eigenvalue weighted by Gasteiger charge is 2.37. The summed E-state index contributed by atoms with van der Waals surface area (Å²) in [6.45, 7) is 5.96. The number of likely N-dealkylation sites (tertiary alicyclic amines) is 1. The monoisotopic (exact) mass is 552 g/mol. The van der Waals surface area contributed by atoms with Gasteiger partial charge in [-0.1, -0.05) is 40.5 Å². The lowest BCUT2D eigenvalue weighted by atomic mass is 9.90. The van der Waals surface area contributed by atoms with Crippen LogP contribution in [0.15, 0.2) is 34.9 Å². The third kappa shape index (κ3) is 6.12. The second kappa shape index (κ2) is 11.6. The minimum atomic E-state index is -0.204. The van der Waals surface area contributed by atoms with Gasteiger partial charge in [-0.15, -0.1) is 0 Å². The summed E-state index contributed by atoms with van der Waals surface area (Å²) < 4.78 is 14.3. The molecule has 0 aliphatic carbocycles. The molecule has 10 heteroatoms. The van der Waals surface area contributed by atoms with Crippen LogP contribution in [-0.2, 0) is 16.1 Å². The van der Waals surface area contributed by atoms with E-state index in [-0.39, 0.29) is 29.5 Å². The van der Waals surface area contributed by atoms with Gasteiger partial charge in [-0.2, -0.15) is 5.10 Å². The molecule has 1 aromatic heterocycles. The van der Waals surface area contributed by atoms with Crippen LogP contribution in [0.25, 0.3) is 0 Å². The molecule has 3 heterocycles. The van der Waals surface area contributed by atoms with Crippen LogP contribution in [0.3, 0.4) is 0 Å². The minimum Gasteiger partial charge on any atom is -0.490 e. The maximum atomic E-state index is 13.3. The molecule has 2 fully saturated rings. The number of halogens is 2. The Bertz CT molecular complexity index is 1010. The van der Waals surface area contributed by atoms with E-state index in [4.69, 9.17) is 21.1 Å². The molecule has 2 aromatic rings. The number of hydrogen-bond acceptors (Lipinski definition) is 5. The molecular weight excluding hydrogens is 524 g/mol. The maximum absolute atomic E-state index is 13.3. The Balaban J connectivity index is 1.50. The summed E-state index contributed by atoms with van der Waals surface area (Å²) in [5.74, 6) is 0.452. The summed E-state index contributed by atoms with van der Waals surface area (Å²) >= 11 is 9.82. The summed E-state index contributed by atoms with van der Waals surface area (Å²) in [5, 5.41) is 4.75. The predicted octanol–water partition coefficient (Wildman–Crippen LogP) is 3.87. The molecule has 0 spiro atoms. The average molecular weight is 554 g/mol. The summed E-state index contributed by atoms with van der Waals surface area (Å²) in [7, 11) is 0. The molecule has 0 unspecified atom stereocenters. The number of hydrogen-bond donors (Lipinski definition) is 0. The Morgan fingerprint density at radius 3 is 2.76 bits per heavy atom. The van der Waals surface area contributed by atoms with Gasteiger partial charge < -0.3 is 19.3 Å². The first-order valence-electron chi connectivity index (χ1n) is 11.7. The first-order chi connectivity index (χ1) is 16.4. The van der Waals surface area contributed by atoms with Gasteiger partial charge in [-0.05, 0) is 24.6 Å². The number of piperidine rings is 1. The van der Waals surface area contributed by atoms with Crippen molar-refractivity contribution < 1.29 is 19.1 Å². The van der Waals surface area contributed by atoms with Gasteiger partial charge in [-0.25, -0.2) is 0 Å². The van der Waals surface area contributed by atoms with E-state index in [1.54, 1.807) is 15.8 Å². The summed E-state index contributed by atoms with van der Waals surface area (Å²) in [6, 6.07) is 7.68. The van der Waals surface area contributed by atoms with Crippen LogP contribution in [0.4, 0.5) is 0 Å². The minimum absolute atomic E-state index is 0.0655. The van der Waals surface area contributed by atoms with Crippen LogP contribution >= 0.6 is 27.5 Å². The summed E-state index contributed by atoms with van der Waals surface area (Å²) in [4.78, 5) is 29.9. The van der Waals surface area contributed by atoms with E-state index in [1.165, 1.54) is 0 Å². The highest BCUT2D eigenvalue weighted by atomic mass is 79.9. The molecule has 0 N–H and O–H groups in total. The highest BCUT2D eigenvalue weighted by Crippen LogP contribution is 2.29. The van der Waals surface area contributed by atoms with Gasteiger partial charge in [0, 0.05) is 62.2 Å². The van der Waals surface area contributed by atoms with Crippen LogP contribution in [0.1, 0.15) is 36.7 Å². The highest BCUT2D eigenvalue weighted by molar-refractivity contribution is 9.10. The van der Waals surface area contributed by atoms with Gasteiger partial charge in [0.1, 0.15) is 11.9 Å². The zero-order chi connectivity index (χ0) is 24.1. The van der Waals surface area contributed by atoms with Crippen LogP contribution < -0.4 is 4.74 Å². The lowest BCUT2D eigenvalue weighted by molar-refractivity contribution is -0.137. The lowest BCUT2D eigenvalue weighted by Gasteiger charge is -2.39. The van der Waals surface area contributed by atoms with E-state index < -0.39 is 0 Å². The molecule has 2 amide bonds. The lowest BCUT2D eigenvalue weighted by Crippen LogP contribution is -2.50. The van der Waals surface area contributed by atoms with Crippen molar-refractivity contribution in [2.45, 2.75) is 38.8 Å². The summed E-state index contributed by atoms with van der Waals surface area (Å²) in [5.41, 5.74) is 0.264. The predicted molar refractivity (Wildman–Crippen MR) is 132 cm³/mol. The molecule has 2 saturated heterocycles. The van der Waals surface area contributed by atoms with Crippen molar-refractivity contribution in [2.24, 2.45) is 5.92 Å². The standard InChI is InChI=1S/C24H30BrClN4O4/c1-2-7-30-16-20(26)23(27-30)24(32)29-8-6-21(34-19-5-3-4-18(25)14-19)17(15-29)13-22(31)28-9-11-33-12-10-28/h3-5,14,16-17,21H,2,6-13,15H2,1H3/t17-,21-/m0/s1. The Kier molecular flexibility index (Phi) is 8.50. The van der Waals surface area contributed by atoms with Crippen molar-refractivity contribution in [3.8, 4) is 5.75 Å². The fourth-order valence-electron chi connectivity index (χ4n) is 4.46. The van der Waals surface area contributed by atoms with Crippen LogP contribution in [0.2, 0.25) is 5.02 Å². The molecule has 2 aliphatic rings. The van der Waals surface area contributed by atoms with Gasteiger partial charge >= 0.3 is 0 Å². The van der Waals surface area contributed by atoms with E-state index >= 15 is 0 Å². The Morgan fingerprint density at radius 2 is 2.03 bits per heavy atom. The number of morpholine rings is 1. The van der Waals surface area contributed by atoms with Gasteiger partial charge in [0.15, 0.2) is 5.69 Å². The molecule has 2 atom stereocenters. The second-order valence-corrected chi connectivity index (χ2v) is 10.0. The molecule has 184 valence electrons. The zero-order valence-electron chi connectivity index (χ0n) is 19.3. The molecule has 4 rings (SSSR count). The molecule has 34 heavy (non-hydrogen) atoms. The third-order valence-electron chi connectivity index (χ3n) is 6.21. The number of carbonyl (C=O) groups is 2. The quantitative estimate of drug-likeness (QED) is 0.520. The Hall–Kier alpha value is -2.10. The zero-order valence-corrected chi connectivity index (χ0v) is 21.6. The molecular formula is C24H30BrClN4O4. The first kappa shape index (κ1) is 25.0. The number of aromatic nitrogens is 2. The van der Waals surface area contributed by atoms with Crippen molar-refractivity contribution >= 4 is 39.3 Å². The Labute approximate surface area is 213 Å². The molecule has 0 bridgehead atoms. The smallest absolute Gasteiger partial charge is 0.275 e. The van der Waals surface area contributed by atoms with Gasteiger partial charge in [0.2, 0.25) is 5.91 Å². The average Bonchev–Trinajstić information content (AvgIpc) is 3.20. The van der Waals surface area contributed by atoms with Crippen molar-refractivity contribution in [3.05, 3.63) is 45.7 Å². The Morgan fingerprint density at radius 1 is 1.24 bits per heavy atom. The number of amides is 2. The van der Waals surface area contributed by atoms with Crippen LogP contribution in [0.5, 0.6) is 5.75 Å². The van der Waals surface area contributed by atoms with Crippen LogP contribution in [0, 0.1) is 5.92 Å². The molecule has 2 aliphatic heterocycles. The molecule has 0 radical (unpaired) electrons. The largest absolute Gasteiger partial charge is 0.490 e. The topological polar surface area (TPSA) is 76.9 Å². The summed E-state index contributed by atoms with van der Waals surface area (Å²) in [6.07, 6.45) is 3.33. The number of benzene rings is 1. The van der Waals surface area contributed by atoms with Gasteiger partial charge in [0.05, 0.1) is 18.2 Å². The number of nitrogens with zero attached hydrogens (tertiary/aromatic N) is 4. The van der Waals surface area contributed by atoms with E-state index in [2.05, 4.69) is 21.0 Å². The number of aryl methyl sites for hydroxylation is 1. The molecule has 0 saturated carbocycles. The molecule has 8 nitrogen and oxygen atoms in total. The van der Waals surface area contributed by atoms with E-state index in [0.29, 0.717) is 63.8 Å². The van der Waals surface area contributed by atoms with Crippen molar-refractivity contribution in [1.29, 1.82) is 0 Å². The number of carbonyl (C=O) groups excluding carboxylic acids is 2. The normalized spacial score (nSPS) is 20.9. The first-order valence-corrected chi connectivity index (χ1v) is 12.9. The van der Waals surface area contributed by atoms with Gasteiger partial charge in [-0.3, -0.25) is 14.3 Å². The number of rotatable bonds is 7. The fourth-order valence-corrected chi connectivity index (χ4v) is 5.07. The number of ether oxygens (including phenoxy) is 2. The van der Waals surface area contributed by atoms with Crippen molar-refractivity contribution in [2.75, 3.05) is 39.4 Å². The van der Waals surface area contributed by atoms with E-state index in [9.17, 15) is 9.59 Å². The van der Waals surface area contributed by atoms with E-state index in [0.717, 1.165) is 16.6 Å². The van der Waals surface area contributed by atoms with Gasteiger partial charge in [0.25, 0.3) is 5.91 Å². The third-order valence-corrected chi connectivity index (χ3v) is 6.98. The second-order valence-electron chi connectivity index (χ2n) is 8.70. The molecule has 1 aromatic carbocycles. The van der Waals surface area contributed by atoms with Crippen molar-refractivity contribution in [3.63, 3.8) is 0 Å². The van der Waals surface area contributed by atoms with E-state index in [1.807, 2.05) is 36.1 Å². The van der Waals surface area contributed by atoms with Crippen LogP contribution in [-0.4, -0.2) is 76.9 Å². The van der Waals surface area contributed by atoms with Crippen molar-refractivity contribution in [1.82, 2.24) is 19.6 Å². The SMILES string of the molecule is CCCn1cc(Cl)c(C(=O)N2CC[C@H](Oc3cccc(Br)c3)[C@@H](CC(=O)N3CCOCC3)C2)n1.